The van der Waals surface area contributed by atoms with Gasteiger partial charge in [0.15, 0.2) is 9.84 Å². The molecule has 0 bridgehead atoms. The summed E-state index contributed by atoms with van der Waals surface area (Å²) in [7, 11) is -3.16. The van der Waals surface area contributed by atoms with Crippen molar-refractivity contribution in [1.82, 2.24) is 4.90 Å². The van der Waals surface area contributed by atoms with E-state index in [0.29, 0.717) is 23.8 Å². The smallest absolute Gasteiger partial charge is 0.178 e. The van der Waals surface area contributed by atoms with Crippen LogP contribution in [-0.2, 0) is 15.4 Å². The molecule has 1 fully saturated rings. The fourth-order valence-corrected chi connectivity index (χ4v) is 5.62. The van der Waals surface area contributed by atoms with Crippen LogP contribution in [0.5, 0.6) is 0 Å². The summed E-state index contributed by atoms with van der Waals surface area (Å²) in [4.78, 5) is 2.93. The first kappa shape index (κ1) is 15.0. The molecule has 0 radical (unpaired) electrons. The predicted molar refractivity (Wildman–Crippen MR) is 83.8 cm³/mol. The monoisotopic (exact) mass is 308 g/mol. The molecule has 1 aromatic rings. The van der Waals surface area contributed by atoms with Gasteiger partial charge in [0.05, 0.1) is 16.2 Å². The number of nitrogens with zero attached hydrogens (tertiary/aromatic N) is 1. The van der Waals surface area contributed by atoms with Crippen LogP contribution in [0.25, 0.3) is 0 Å². The summed E-state index contributed by atoms with van der Waals surface area (Å²) < 4.78 is 24.7. The third kappa shape index (κ3) is 2.41. The second-order valence-corrected chi connectivity index (χ2v) is 8.57. The quantitative estimate of drug-likeness (QED) is 0.904. The highest BCUT2D eigenvalue weighted by Gasteiger charge is 2.45. The van der Waals surface area contributed by atoms with Crippen molar-refractivity contribution in [3.05, 3.63) is 29.8 Å². The summed E-state index contributed by atoms with van der Waals surface area (Å²) in [5.74, 6) is 0.847. The fourth-order valence-electron chi connectivity index (χ4n) is 3.92. The lowest BCUT2D eigenvalue weighted by Gasteiger charge is -2.49. The van der Waals surface area contributed by atoms with Crippen molar-refractivity contribution in [2.45, 2.75) is 36.6 Å². The van der Waals surface area contributed by atoms with E-state index >= 15 is 0 Å². The molecule has 2 aliphatic heterocycles. The number of sulfone groups is 1. The Labute approximate surface area is 127 Å². The van der Waals surface area contributed by atoms with E-state index in [9.17, 15) is 8.42 Å². The Bertz CT molecular complexity index is 629. The lowest BCUT2D eigenvalue weighted by atomic mass is 9.82. The van der Waals surface area contributed by atoms with Crippen LogP contribution in [-0.4, -0.2) is 38.7 Å². The molecule has 0 aliphatic carbocycles. The largest absolute Gasteiger partial charge is 0.328 e. The number of nitrogens with two attached hydrogens (primary N) is 1. The van der Waals surface area contributed by atoms with Crippen molar-refractivity contribution >= 4 is 9.84 Å². The third-order valence-corrected chi connectivity index (χ3v) is 6.88. The molecule has 2 N–H and O–H groups in total. The highest BCUT2D eigenvalue weighted by Crippen LogP contribution is 2.42. The molecule has 21 heavy (non-hydrogen) atoms. The van der Waals surface area contributed by atoms with Crippen LogP contribution < -0.4 is 5.73 Å². The van der Waals surface area contributed by atoms with Crippen LogP contribution in [0, 0.1) is 5.92 Å². The van der Waals surface area contributed by atoms with E-state index in [0.717, 1.165) is 25.1 Å². The standard InChI is InChI=1S/C16H24N2O2S/c1-13-5-4-9-18(11-13)16(12-17)8-10-21(19,20)15-7-3-2-6-14(15)16/h2-3,6-7,13H,4-5,8-12,17H2,1H3. The van der Waals surface area contributed by atoms with Gasteiger partial charge in [0.2, 0.25) is 0 Å². The van der Waals surface area contributed by atoms with E-state index in [1.807, 2.05) is 18.2 Å². The average molecular weight is 308 g/mol. The zero-order valence-electron chi connectivity index (χ0n) is 12.6. The molecule has 0 amide bonds. The van der Waals surface area contributed by atoms with Gasteiger partial charge in [-0.2, -0.15) is 0 Å². The van der Waals surface area contributed by atoms with Gasteiger partial charge in [0.1, 0.15) is 0 Å². The van der Waals surface area contributed by atoms with Gasteiger partial charge in [-0.15, -0.1) is 0 Å². The molecule has 0 aromatic heterocycles. The van der Waals surface area contributed by atoms with Crippen LogP contribution in [0.4, 0.5) is 0 Å². The Kier molecular flexibility index (Phi) is 3.84. The maximum atomic E-state index is 12.4. The molecule has 2 atom stereocenters. The number of hydrogen-bond acceptors (Lipinski definition) is 4. The summed E-state index contributed by atoms with van der Waals surface area (Å²) in [5.41, 5.74) is 6.78. The molecular weight excluding hydrogens is 284 g/mol. The van der Waals surface area contributed by atoms with Crippen LogP contribution in [0.3, 0.4) is 0 Å². The molecule has 4 nitrogen and oxygen atoms in total. The molecule has 2 unspecified atom stereocenters. The van der Waals surface area contributed by atoms with Crippen LogP contribution in [0.2, 0.25) is 0 Å². The lowest BCUT2D eigenvalue weighted by molar-refractivity contribution is 0.0422. The van der Waals surface area contributed by atoms with Gasteiger partial charge in [-0.05, 0) is 43.4 Å². The third-order valence-electron chi connectivity index (χ3n) is 5.11. The van der Waals surface area contributed by atoms with Gasteiger partial charge in [-0.1, -0.05) is 25.1 Å². The maximum absolute atomic E-state index is 12.4. The van der Waals surface area contributed by atoms with E-state index in [2.05, 4.69) is 11.8 Å². The van der Waals surface area contributed by atoms with Crippen LogP contribution in [0.1, 0.15) is 31.7 Å². The first-order chi connectivity index (χ1) is 9.99. The minimum absolute atomic E-state index is 0.200. The molecule has 1 saturated heterocycles. The van der Waals surface area contributed by atoms with E-state index in [1.54, 1.807) is 6.07 Å². The zero-order chi connectivity index (χ0) is 15.1. The molecular formula is C16H24N2O2S. The number of benzene rings is 1. The zero-order valence-corrected chi connectivity index (χ0v) is 13.4. The summed E-state index contributed by atoms with van der Waals surface area (Å²) in [6.45, 7) is 4.76. The average Bonchev–Trinajstić information content (AvgIpc) is 2.48. The van der Waals surface area contributed by atoms with Gasteiger partial charge in [0.25, 0.3) is 0 Å². The molecule has 1 aromatic carbocycles. The van der Waals surface area contributed by atoms with Gasteiger partial charge in [-0.3, -0.25) is 4.90 Å². The highest BCUT2D eigenvalue weighted by molar-refractivity contribution is 7.91. The number of hydrogen-bond donors (Lipinski definition) is 1. The molecule has 0 spiro atoms. The topological polar surface area (TPSA) is 63.4 Å². The number of piperidine rings is 1. The Morgan fingerprint density at radius 2 is 2.14 bits per heavy atom. The number of likely N-dealkylation sites (tertiary alicyclic amines) is 1. The van der Waals surface area contributed by atoms with Gasteiger partial charge >= 0.3 is 0 Å². The fraction of sp³-hybridized carbons (Fsp3) is 0.625. The normalized spacial score (nSPS) is 32.6. The summed E-state index contributed by atoms with van der Waals surface area (Å²) in [6, 6.07) is 7.43. The first-order valence-corrected chi connectivity index (χ1v) is 9.42. The Morgan fingerprint density at radius 1 is 1.38 bits per heavy atom. The van der Waals surface area contributed by atoms with Crippen molar-refractivity contribution in [3.63, 3.8) is 0 Å². The van der Waals surface area contributed by atoms with E-state index in [4.69, 9.17) is 5.73 Å². The van der Waals surface area contributed by atoms with Crippen molar-refractivity contribution in [3.8, 4) is 0 Å². The van der Waals surface area contributed by atoms with Gasteiger partial charge < -0.3 is 5.73 Å². The van der Waals surface area contributed by atoms with Crippen molar-refractivity contribution in [2.75, 3.05) is 25.4 Å². The Balaban J connectivity index is 2.11. The molecule has 3 rings (SSSR count). The second kappa shape index (κ2) is 5.38. The number of rotatable bonds is 2. The molecule has 116 valence electrons. The lowest BCUT2D eigenvalue weighted by Crippen LogP contribution is -2.57. The van der Waals surface area contributed by atoms with E-state index < -0.39 is 9.84 Å². The predicted octanol–water partition coefficient (Wildman–Crippen LogP) is 1.75. The number of fused-ring (bicyclic) bond motifs is 1. The minimum Gasteiger partial charge on any atom is -0.328 e. The second-order valence-electron chi connectivity index (χ2n) is 6.49. The van der Waals surface area contributed by atoms with E-state index in [1.165, 1.54) is 6.42 Å². The highest BCUT2D eigenvalue weighted by atomic mass is 32.2. The summed E-state index contributed by atoms with van der Waals surface area (Å²) >= 11 is 0. The molecule has 0 saturated carbocycles. The minimum atomic E-state index is -3.16. The SMILES string of the molecule is CC1CCCN(C2(CN)CCS(=O)(=O)c3ccccc32)C1. The first-order valence-electron chi connectivity index (χ1n) is 7.77. The van der Waals surface area contributed by atoms with E-state index in [-0.39, 0.29) is 11.3 Å². The van der Waals surface area contributed by atoms with Crippen molar-refractivity contribution in [1.29, 1.82) is 0 Å². The van der Waals surface area contributed by atoms with Gasteiger partial charge in [0, 0.05) is 13.1 Å². The molecule has 5 heteroatoms. The maximum Gasteiger partial charge on any atom is 0.178 e. The van der Waals surface area contributed by atoms with Crippen molar-refractivity contribution in [2.24, 2.45) is 11.7 Å². The Morgan fingerprint density at radius 3 is 2.86 bits per heavy atom. The molecule has 2 heterocycles. The summed E-state index contributed by atoms with van der Waals surface area (Å²) in [5, 5.41) is 0. The van der Waals surface area contributed by atoms with Gasteiger partial charge in [-0.25, -0.2) is 8.42 Å². The van der Waals surface area contributed by atoms with Crippen molar-refractivity contribution < 1.29 is 8.42 Å². The summed E-state index contributed by atoms with van der Waals surface area (Å²) in [6.07, 6.45) is 3.02. The van der Waals surface area contributed by atoms with Crippen LogP contribution in [0.15, 0.2) is 29.2 Å². The molecule has 2 aliphatic rings. The Hall–Kier alpha value is -0.910. The van der Waals surface area contributed by atoms with Crippen LogP contribution >= 0.6 is 0 Å².